The number of hydrogen-bond acceptors (Lipinski definition) is 4. The van der Waals surface area contributed by atoms with Crippen molar-refractivity contribution in [3.63, 3.8) is 0 Å². The van der Waals surface area contributed by atoms with Crippen LogP contribution in [0.15, 0.2) is 9.21 Å². The third-order valence-electron chi connectivity index (χ3n) is 2.43. The van der Waals surface area contributed by atoms with Gasteiger partial charge in [0.25, 0.3) is 0 Å². The molecule has 2 rings (SSSR count). The van der Waals surface area contributed by atoms with E-state index in [1.165, 1.54) is 0 Å². The van der Waals surface area contributed by atoms with Gasteiger partial charge < -0.3 is 9.32 Å². The molecule has 1 saturated heterocycles. The number of nitrogens with zero attached hydrogens (tertiary/aromatic N) is 2. The van der Waals surface area contributed by atoms with Crippen LogP contribution >= 0.6 is 0 Å². The minimum absolute atomic E-state index is 0.276. The molecule has 5 heteroatoms. The fourth-order valence-electron chi connectivity index (χ4n) is 1.78. The number of aromatic nitrogens is 2. The largest absolute Gasteiger partial charge is 0.434 e. The van der Waals surface area contributed by atoms with E-state index in [-0.39, 0.29) is 5.92 Å². The predicted octanol–water partition coefficient (Wildman–Crippen LogP) is 0.172. The molecule has 1 aliphatic heterocycles. The first kappa shape index (κ1) is 8.50. The molecule has 1 aliphatic rings. The second kappa shape index (κ2) is 3.33. The van der Waals surface area contributed by atoms with E-state index in [0.29, 0.717) is 5.89 Å². The Balaban J connectivity index is 2.12. The summed E-state index contributed by atoms with van der Waals surface area (Å²) in [6.45, 7) is 2.04. The number of nitrogens with one attached hydrogen (secondary N) is 1. The number of rotatable bonds is 1. The predicted molar refractivity (Wildman–Crippen MR) is 46.6 cm³/mol. The van der Waals surface area contributed by atoms with Gasteiger partial charge in [0.2, 0.25) is 5.89 Å². The Hall–Kier alpha value is -1.10. The molecule has 0 amide bonds. The monoisotopic (exact) mass is 183 g/mol. The van der Waals surface area contributed by atoms with E-state index in [2.05, 4.69) is 22.1 Å². The van der Waals surface area contributed by atoms with Gasteiger partial charge in [-0.05, 0) is 26.4 Å². The summed E-state index contributed by atoms with van der Waals surface area (Å²) in [5.74, 6) is 0.373. The first-order chi connectivity index (χ1) is 6.25. The molecule has 5 nitrogen and oxygen atoms in total. The van der Waals surface area contributed by atoms with Crippen LogP contribution in [0.5, 0.6) is 0 Å². The maximum absolute atomic E-state index is 10.7. The zero-order valence-electron chi connectivity index (χ0n) is 7.62. The lowest BCUT2D eigenvalue weighted by atomic mass is 9.99. The highest BCUT2D eigenvalue weighted by atomic mass is 16.4. The van der Waals surface area contributed by atoms with E-state index < -0.39 is 5.76 Å². The third kappa shape index (κ3) is 1.80. The first-order valence-electron chi connectivity index (χ1n) is 4.49. The lowest BCUT2D eigenvalue weighted by Crippen LogP contribution is -2.30. The van der Waals surface area contributed by atoms with Gasteiger partial charge in [0.1, 0.15) is 0 Å². The highest BCUT2D eigenvalue weighted by molar-refractivity contribution is 4.92. The fourth-order valence-corrected chi connectivity index (χ4v) is 1.78. The summed E-state index contributed by atoms with van der Waals surface area (Å²) in [6, 6.07) is 0. The van der Waals surface area contributed by atoms with Crippen molar-refractivity contribution >= 4 is 0 Å². The Morgan fingerprint density at radius 3 is 3.15 bits per heavy atom. The van der Waals surface area contributed by atoms with Crippen LogP contribution in [0.2, 0.25) is 0 Å². The molecule has 0 aliphatic carbocycles. The lowest BCUT2D eigenvalue weighted by molar-refractivity contribution is 0.228. The highest BCUT2D eigenvalue weighted by Gasteiger charge is 2.22. The van der Waals surface area contributed by atoms with E-state index in [4.69, 9.17) is 4.42 Å². The van der Waals surface area contributed by atoms with E-state index >= 15 is 0 Å². The summed E-state index contributed by atoms with van der Waals surface area (Å²) in [4.78, 5) is 12.9. The first-order valence-corrected chi connectivity index (χ1v) is 4.49. The van der Waals surface area contributed by atoms with Crippen molar-refractivity contribution in [2.75, 3.05) is 20.1 Å². The number of aromatic amines is 1. The molecule has 2 heterocycles. The van der Waals surface area contributed by atoms with Gasteiger partial charge >= 0.3 is 5.76 Å². The summed E-state index contributed by atoms with van der Waals surface area (Å²) >= 11 is 0. The molecule has 72 valence electrons. The van der Waals surface area contributed by atoms with E-state index in [1.54, 1.807) is 0 Å². The molecular weight excluding hydrogens is 170 g/mol. The maximum Gasteiger partial charge on any atom is 0.434 e. The minimum Gasteiger partial charge on any atom is -0.392 e. The molecule has 13 heavy (non-hydrogen) atoms. The number of likely N-dealkylation sites (tertiary alicyclic amines) is 1. The normalized spacial score (nSPS) is 24.8. The average Bonchev–Trinajstić information content (AvgIpc) is 2.52. The zero-order valence-corrected chi connectivity index (χ0v) is 7.62. The van der Waals surface area contributed by atoms with Crippen molar-refractivity contribution in [1.82, 2.24) is 15.1 Å². The molecule has 0 radical (unpaired) electrons. The van der Waals surface area contributed by atoms with Gasteiger partial charge in [-0.25, -0.2) is 9.89 Å². The van der Waals surface area contributed by atoms with Crippen LogP contribution < -0.4 is 5.76 Å². The van der Waals surface area contributed by atoms with Gasteiger partial charge in [-0.3, -0.25) is 0 Å². The van der Waals surface area contributed by atoms with E-state index in [1.807, 2.05) is 0 Å². The van der Waals surface area contributed by atoms with Crippen molar-refractivity contribution in [2.45, 2.75) is 18.8 Å². The van der Waals surface area contributed by atoms with Crippen molar-refractivity contribution < 1.29 is 4.42 Å². The Morgan fingerprint density at radius 2 is 2.54 bits per heavy atom. The van der Waals surface area contributed by atoms with Gasteiger partial charge in [0.05, 0.1) is 5.92 Å². The smallest absolute Gasteiger partial charge is 0.392 e. The summed E-state index contributed by atoms with van der Waals surface area (Å²) in [7, 11) is 2.07. The standard InChI is InChI=1S/C8H13N3O2/c1-11-4-2-3-6(5-11)7-9-10-8(12)13-7/h6H,2-5H2,1H3,(H,10,12). The minimum atomic E-state index is -0.455. The summed E-state index contributed by atoms with van der Waals surface area (Å²) in [6.07, 6.45) is 2.19. The van der Waals surface area contributed by atoms with Crippen LogP contribution in [-0.2, 0) is 0 Å². The summed E-state index contributed by atoms with van der Waals surface area (Å²) < 4.78 is 4.92. The number of piperidine rings is 1. The molecule has 0 spiro atoms. The molecule has 1 aromatic rings. The van der Waals surface area contributed by atoms with Crippen LogP contribution in [0.4, 0.5) is 0 Å². The fraction of sp³-hybridized carbons (Fsp3) is 0.750. The van der Waals surface area contributed by atoms with Gasteiger partial charge in [-0.2, -0.15) is 0 Å². The molecule has 1 N–H and O–H groups in total. The van der Waals surface area contributed by atoms with Gasteiger partial charge in [0.15, 0.2) is 0 Å². The number of H-pyrrole nitrogens is 1. The molecule has 0 bridgehead atoms. The van der Waals surface area contributed by atoms with Crippen molar-refractivity contribution in [2.24, 2.45) is 0 Å². The van der Waals surface area contributed by atoms with Crippen molar-refractivity contribution in [3.05, 3.63) is 16.4 Å². The second-order valence-electron chi connectivity index (χ2n) is 3.55. The van der Waals surface area contributed by atoms with Crippen molar-refractivity contribution in [3.8, 4) is 0 Å². The highest BCUT2D eigenvalue weighted by Crippen LogP contribution is 2.23. The topological polar surface area (TPSA) is 62.1 Å². The molecule has 1 fully saturated rings. The summed E-state index contributed by atoms with van der Waals surface area (Å²) in [5, 5.41) is 6.13. The van der Waals surface area contributed by atoms with Gasteiger partial charge in [-0.15, -0.1) is 5.10 Å². The SMILES string of the molecule is CN1CCCC(c2n[nH]c(=O)o2)C1. The molecule has 1 atom stereocenters. The Bertz CT molecular complexity index is 330. The molecule has 1 unspecified atom stereocenters. The van der Waals surface area contributed by atoms with Crippen molar-refractivity contribution in [1.29, 1.82) is 0 Å². The Kier molecular flexibility index (Phi) is 2.18. The Labute approximate surface area is 75.7 Å². The van der Waals surface area contributed by atoms with Crippen LogP contribution in [0.3, 0.4) is 0 Å². The lowest BCUT2D eigenvalue weighted by Gasteiger charge is -2.27. The quantitative estimate of drug-likeness (QED) is 0.674. The van der Waals surface area contributed by atoms with Gasteiger partial charge in [-0.1, -0.05) is 0 Å². The van der Waals surface area contributed by atoms with E-state index in [0.717, 1.165) is 25.9 Å². The summed E-state index contributed by atoms with van der Waals surface area (Å²) in [5.41, 5.74) is 0. The molecule has 0 aromatic carbocycles. The van der Waals surface area contributed by atoms with E-state index in [9.17, 15) is 4.79 Å². The van der Waals surface area contributed by atoms with Gasteiger partial charge in [0, 0.05) is 6.54 Å². The van der Waals surface area contributed by atoms with Crippen LogP contribution in [0.25, 0.3) is 0 Å². The number of hydrogen-bond donors (Lipinski definition) is 1. The van der Waals surface area contributed by atoms with Crippen LogP contribution in [0, 0.1) is 0 Å². The zero-order chi connectivity index (χ0) is 9.26. The molecular formula is C8H13N3O2. The second-order valence-corrected chi connectivity index (χ2v) is 3.55. The van der Waals surface area contributed by atoms with Crippen LogP contribution in [0.1, 0.15) is 24.7 Å². The number of likely N-dealkylation sites (N-methyl/N-ethyl adjacent to an activating group) is 1. The molecule has 1 aromatic heterocycles. The molecule has 0 saturated carbocycles. The average molecular weight is 183 g/mol. The maximum atomic E-state index is 10.7. The Morgan fingerprint density at radius 1 is 1.69 bits per heavy atom. The third-order valence-corrected chi connectivity index (χ3v) is 2.43. The van der Waals surface area contributed by atoms with Crippen LogP contribution in [-0.4, -0.2) is 35.2 Å².